The van der Waals surface area contributed by atoms with Crippen LogP contribution < -0.4 is 10.6 Å². The van der Waals surface area contributed by atoms with Crippen molar-refractivity contribution in [1.82, 2.24) is 25.6 Å². The van der Waals surface area contributed by atoms with Gasteiger partial charge < -0.3 is 15.2 Å². The normalized spacial score (nSPS) is 11.7. The zero-order chi connectivity index (χ0) is 21.5. The summed E-state index contributed by atoms with van der Waals surface area (Å²) in [4.78, 5) is 4.80. The molecule has 0 aliphatic heterocycles. The highest BCUT2D eigenvalue weighted by atomic mass is 16.5. The fourth-order valence-corrected chi connectivity index (χ4v) is 3.56. The molecule has 2 N–H and O–H groups in total. The highest BCUT2D eigenvalue weighted by Crippen LogP contribution is 2.18. The number of aromatic nitrogens is 3. The second-order valence-electron chi connectivity index (χ2n) is 7.50. The van der Waals surface area contributed by atoms with Gasteiger partial charge in [0.1, 0.15) is 5.76 Å². The molecule has 0 aliphatic rings. The zero-order valence-electron chi connectivity index (χ0n) is 18.6. The van der Waals surface area contributed by atoms with E-state index in [2.05, 4.69) is 52.9 Å². The lowest BCUT2D eigenvalue weighted by Crippen LogP contribution is -2.37. The molecule has 2 aromatic heterocycles. The molecule has 0 radical (unpaired) electrons. The second kappa shape index (κ2) is 10.1. The molecule has 1 aromatic carbocycles. The van der Waals surface area contributed by atoms with Crippen LogP contribution in [0.1, 0.15) is 47.3 Å². The number of guanidine groups is 1. The number of hydrogen-bond donors (Lipinski definition) is 2. The van der Waals surface area contributed by atoms with Crippen molar-refractivity contribution in [2.75, 3.05) is 13.1 Å². The first-order valence-corrected chi connectivity index (χ1v) is 10.5. The van der Waals surface area contributed by atoms with E-state index in [4.69, 9.17) is 9.52 Å². The van der Waals surface area contributed by atoms with Gasteiger partial charge in [-0.15, -0.1) is 0 Å². The molecular formula is C23H32N6O. The van der Waals surface area contributed by atoms with Gasteiger partial charge in [0.05, 0.1) is 23.6 Å². The molecule has 7 heteroatoms. The molecule has 0 amide bonds. The molecule has 0 unspecified atom stereocenters. The smallest absolute Gasteiger partial charge is 0.191 e. The lowest BCUT2D eigenvalue weighted by atomic mass is 10.1. The molecule has 3 aromatic rings. The Kier molecular flexibility index (Phi) is 7.27. The minimum atomic E-state index is 0.577. The van der Waals surface area contributed by atoms with Gasteiger partial charge in [0, 0.05) is 24.3 Å². The van der Waals surface area contributed by atoms with E-state index in [-0.39, 0.29) is 0 Å². The Morgan fingerprint density at radius 2 is 1.93 bits per heavy atom. The van der Waals surface area contributed by atoms with Crippen molar-refractivity contribution in [3.63, 3.8) is 0 Å². The summed E-state index contributed by atoms with van der Waals surface area (Å²) in [6.45, 7) is 12.3. The van der Waals surface area contributed by atoms with Crippen LogP contribution in [0.2, 0.25) is 0 Å². The number of aliphatic imine (C=N–C) groups is 1. The van der Waals surface area contributed by atoms with Crippen LogP contribution in [-0.2, 0) is 13.0 Å². The van der Waals surface area contributed by atoms with Crippen LogP contribution in [0.4, 0.5) is 0 Å². The lowest BCUT2D eigenvalue weighted by molar-refractivity contribution is 0.392. The monoisotopic (exact) mass is 408 g/mol. The number of hydrogen-bond acceptors (Lipinski definition) is 4. The van der Waals surface area contributed by atoms with E-state index in [9.17, 15) is 0 Å². The van der Waals surface area contributed by atoms with Gasteiger partial charge in [0.15, 0.2) is 5.96 Å². The van der Waals surface area contributed by atoms with Gasteiger partial charge in [-0.25, -0.2) is 9.67 Å². The Hall–Kier alpha value is -3.09. The highest BCUT2D eigenvalue weighted by molar-refractivity contribution is 5.79. The third kappa shape index (κ3) is 5.28. The SMILES string of the molecule is CCNC(=NCc1ccccc1-n1nc(C)cc1C)NCCCc1c(C)noc1C. The standard InChI is InChI=1S/C23H32N6O/c1-6-24-23(25-13-9-11-21-18(4)28-30-19(21)5)26-15-20-10-7-8-12-22(20)29-17(3)14-16(2)27-29/h7-8,10,12,14H,6,9,11,13,15H2,1-5H3,(H2,24,25,26). The van der Waals surface area contributed by atoms with Gasteiger partial charge >= 0.3 is 0 Å². The van der Waals surface area contributed by atoms with Crippen LogP contribution in [0.5, 0.6) is 0 Å². The van der Waals surface area contributed by atoms with E-state index in [1.54, 1.807) is 0 Å². The number of nitrogens with one attached hydrogen (secondary N) is 2. The molecular weight excluding hydrogens is 376 g/mol. The van der Waals surface area contributed by atoms with Gasteiger partial charge in [-0.05, 0) is 65.2 Å². The Labute approximate surface area is 178 Å². The first-order chi connectivity index (χ1) is 14.5. The molecule has 3 rings (SSSR count). The Morgan fingerprint density at radius 3 is 2.60 bits per heavy atom. The van der Waals surface area contributed by atoms with Crippen molar-refractivity contribution in [2.45, 2.75) is 54.0 Å². The fourth-order valence-electron chi connectivity index (χ4n) is 3.56. The lowest BCUT2D eigenvalue weighted by Gasteiger charge is -2.13. The maximum absolute atomic E-state index is 5.24. The Bertz CT molecular complexity index is 982. The molecule has 30 heavy (non-hydrogen) atoms. The summed E-state index contributed by atoms with van der Waals surface area (Å²) in [7, 11) is 0. The van der Waals surface area contributed by atoms with Crippen molar-refractivity contribution in [3.05, 3.63) is 64.3 Å². The van der Waals surface area contributed by atoms with E-state index in [1.165, 1.54) is 5.56 Å². The number of para-hydroxylation sites is 1. The van der Waals surface area contributed by atoms with Crippen LogP contribution in [0.3, 0.4) is 0 Å². The first-order valence-electron chi connectivity index (χ1n) is 10.5. The molecule has 0 bridgehead atoms. The first kappa shape index (κ1) is 21.6. The molecule has 160 valence electrons. The van der Waals surface area contributed by atoms with Crippen molar-refractivity contribution < 1.29 is 4.52 Å². The second-order valence-corrected chi connectivity index (χ2v) is 7.50. The number of aryl methyl sites for hydroxylation is 4. The maximum atomic E-state index is 5.24. The number of benzene rings is 1. The van der Waals surface area contributed by atoms with Crippen LogP contribution in [0.15, 0.2) is 39.8 Å². The van der Waals surface area contributed by atoms with Gasteiger partial charge in [-0.3, -0.25) is 0 Å². The van der Waals surface area contributed by atoms with Gasteiger partial charge in [0.2, 0.25) is 0 Å². The van der Waals surface area contributed by atoms with Crippen LogP contribution >= 0.6 is 0 Å². The van der Waals surface area contributed by atoms with Crippen molar-refractivity contribution in [1.29, 1.82) is 0 Å². The van der Waals surface area contributed by atoms with Crippen LogP contribution in [0.25, 0.3) is 5.69 Å². The predicted molar refractivity (Wildman–Crippen MR) is 120 cm³/mol. The molecule has 0 spiro atoms. The number of nitrogens with zero attached hydrogens (tertiary/aromatic N) is 4. The largest absolute Gasteiger partial charge is 0.361 e. The summed E-state index contributed by atoms with van der Waals surface area (Å²) in [6.07, 6.45) is 1.92. The fraction of sp³-hybridized carbons (Fsp3) is 0.435. The third-order valence-electron chi connectivity index (χ3n) is 5.06. The van der Waals surface area contributed by atoms with Gasteiger partial charge in [-0.1, -0.05) is 23.4 Å². The maximum Gasteiger partial charge on any atom is 0.191 e. The summed E-state index contributed by atoms with van der Waals surface area (Å²) >= 11 is 0. The molecule has 0 aliphatic carbocycles. The summed E-state index contributed by atoms with van der Waals surface area (Å²) < 4.78 is 7.23. The molecule has 0 fully saturated rings. The van der Waals surface area contributed by atoms with Crippen molar-refractivity contribution in [3.8, 4) is 5.69 Å². The Morgan fingerprint density at radius 1 is 1.13 bits per heavy atom. The quantitative estimate of drug-likeness (QED) is 0.337. The molecule has 2 heterocycles. The average molecular weight is 409 g/mol. The topological polar surface area (TPSA) is 80.3 Å². The average Bonchev–Trinajstić information content (AvgIpc) is 3.23. The summed E-state index contributed by atoms with van der Waals surface area (Å²) in [5, 5.41) is 15.4. The third-order valence-corrected chi connectivity index (χ3v) is 5.06. The minimum Gasteiger partial charge on any atom is -0.361 e. The zero-order valence-corrected chi connectivity index (χ0v) is 18.6. The van der Waals surface area contributed by atoms with E-state index >= 15 is 0 Å². The van der Waals surface area contributed by atoms with Gasteiger partial charge in [-0.2, -0.15) is 5.10 Å². The predicted octanol–water partition coefficient (Wildman–Crippen LogP) is 3.78. The Balaban J connectivity index is 1.64. The molecule has 0 atom stereocenters. The van der Waals surface area contributed by atoms with Crippen molar-refractivity contribution >= 4 is 5.96 Å². The minimum absolute atomic E-state index is 0.577. The van der Waals surface area contributed by atoms with Crippen LogP contribution in [-0.4, -0.2) is 34.0 Å². The highest BCUT2D eigenvalue weighted by Gasteiger charge is 2.10. The van der Waals surface area contributed by atoms with E-state index < -0.39 is 0 Å². The van der Waals surface area contributed by atoms with E-state index in [1.807, 2.05) is 37.6 Å². The summed E-state index contributed by atoms with van der Waals surface area (Å²) in [5.41, 5.74) is 6.52. The number of rotatable bonds is 8. The van der Waals surface area contributed by atoms with E-state index in [0.717, 1.165) is 66.0 Å². The molecule has 0 saturated carbocycles. The van der Waals surface area contributed by atoms with Crippen molar-refractivity contribution in [2.24, 2.45) is 4.99 Å². The summed E-state index contributed by atoms with van der Waals surface area (Å²) in [5.74, 6) is 1.73. The van der Waals surface area contributed by atoms with Crippen LogP contribution in [0, 0.1) is 27.7 Å². The molecule has 0 saturated heterocycles. The summed E-state index contributed by atoms with van der Waals surface area (Å²) in [6, 6.07) is 10.4. The molecule has 7 nitrogen and oxygen atoms in total. The van der Waals surface area contributed by atoms with E-state index in [0.29, 0.717) is 6.54 Å². The van der Waals surface area contributed by atoms with Gasteiger partial charge in [0.25, 0.3) is 0 Å².